The van der Waals surface area contributed by atoms with E-state index in [-0.39, 0.29) is 12.8 Å². The lowest BCUT2D eigenvalue weighted by Gasteiger charge is -2.45. The molecular weight excluding hydrogens is 375 g/mol. The van der Waals surface area contributed by atoms with Gasteiger partial charge in [0.25, 0.3) is 10.1 Å². The second kappa shape index (κ2) is 8.51. The number of fused-ring (bicyclic) bond motifs is 1. The average Bonchev–Trinajstić information content (AvgIpc) is 2.69. The van der Waals surface area contributed by atoms with Crippen molar-refractivity contribution in [3.63, 3.8) is 0 Å². The number of benzene rings is 1. The molecule has 1 N–H and O–H groups in total. The second-order valence-electron chi connectivity index (χ2n) is 8.77. The molecule has 2 saturated carbocycles. The lowest BCUT2D eigenvalue weighted by Crippen LogP contribution is -2.25. The van der Waals surface area contributed by atoms with Gasteiger partial charge < -0.3 is 0 Å². The Morgan fingerprint density at radius 1 is 0.815 bits per heavy atom. The van der Waals surface area contributed by atoms with Crippen molar-refractivity contribution in [2.75, 3.05) is 0 Å². The van der Waals surface area contributed by atoms with Crippen molar-refractivity contribution in [3.8, 4) is 0 Å². The molecule has 4 rings (SSSR count). The van der Waals surface area contributed by atoms with Crippen LogP contribution in [-0.2, 0) is 16.5 Å². The van der Waals surface area contributed by atoms with E-state index in [4.69, 9.17) is 0 Å². The Labute approximate surface area is 165 Å². The summed E-state index contributed by atoms with van der Waals surface area (Å²) < 4.78 is 32.6. The molecule has 3 aliphatic rings. The van der Waals surface area contributed by atoms with Crippen LogP contribution < -0.4 is 0 Å². The zero-order chi connectivity index (χ0) is 18.9. The summed E-state index contributed by atoms with van der Waals surface area (Å²) in [5.41, 5.74) is 5.06. The van der Waals surface area contributed by atoms with Crippen LogP contribution in [0.15, 0.2) is 23.1 Å². The fraction of sp³-hybridized carbons (Fsp3) is 0.727. The van der Waals surface area contributed by atoms with Crippen LogP contribution in [0.2, 0.25) is 0 Å². The molecule has 2 fully saturated rings. The maximum Gasteiger partial charge on any atom is 0.294 e. The fourth-order valence-corrected chi connectivity index (χ4v) is 10.9. The van der Waals surface area contributed by atoms with Crippen LogP contribution in [0.4, 0.5) is 0 Å². The topological polar surface area (TPSA) is 54.4 Å². The van der Waals surface area contributed by atoms with E-state index in [1.54, 1.807) is 12.1 Å². The zero-order valence-corrected chi connectivity index (χ0v) is 18.0. The Kier molecular flexibility index (Phi) is 6.26. The van der Waals surface area contributed by atoms with Gasteiger partial charge in [0, 0.05) is 5.66 Å². The number of rotatable bonds is 4. The Morgan fingerprint density at radius 3 is 1.96 bits per heavy atom. The highest BCUT2D eigenvalue weighted by atomic mass is 32.2. The molecule has 1 aromatic carbocycles. The smallest absolute Gasteiger partial charge is 0.282 e. The molecule has 0 spiro atoms. The minimum absolute atomic E-state index is 0.0514. The number of aryl methyl sites for hydroxylation is 1. The van der Waals surface area contributed by atoms with Gasteiger partial charge in [-0.25, -0.2) is 0 Å². The Bertz CT molecular complexity index is 731. The normalized spacial score (nSPS) is 25.5. The highest BCUT2D eigenvalue weighted by Crippen LogP contribution is 2.66. The van der Waals surface area contributed by atoms with Crippen LogP contribution in [0.5, 0.6) is 0 Å². The molecule has 3 aliphatic carbocycles. The van der Waals surface area contributed by atoms with Crippen molar-refractivity contribution in [1.82, 2.24) is 0 Å². The first-order valence-corrected chi connectivity index (χ1v) is 13.9. The summed E-state index contributed by atoms with van der Waals surface area (Å²) in [4.78, 5) is 0.0709. The van der Waals surface area contributed by atoms with E-state index in [2.05, 4.69) is 0 Å². The van der Waals surface area contributed by atoms with Gasteiger partial charge >= 0.3 is 0 Å². The molecule has 0 radical (unpaired) electrons. The summed E-state index contributed by atoms with van der Waals surface area (Å²) in [7, 11) is -4.16. The Balaban J connectivity index is 1.68. The van der Waals surface area contributed by atoms with Crippen molar-refractivity contribution < 1.29 is 13.0 Å². The summed E-state index contributed by atoms with van der Waals surface area (Å²) in [5, 5.41) is 0. The molecule has 1 aromatic rings. The van der Waals surface area contributed by atoms with E-state index >= 15 is 0 Å². The van der Waals surface area contributed by atoms with E-state index in [0.717, 1.165) is 24.2 Å². The molecule has 0 aromatic heterocycles. The molecule has 0 amide bonds. The highest BCUT2D eigenvalue weighted by molar-refractivity contribution is 7.85. The predicted octanol–water partition coefficient (Wildman–Crippen LogP) is 6.46. The third kappa shape index (κ3) is 4.43. The van der Waals surface area contributed by atoms with Gasteiger partial charge in [0.05, 0.1) is 4.90 Å². The zero-order valence-electron chi connectivity index (χ0n) is 16.3. The van der Waals surface area contributed by atoms with Crippen molar-refractivity contribution in [2.45, 2.75) is 105 Å². The molecule has 0 heterocycles. The van der Waals surface area contributed by atoms with Crippen molar-refractivity contribution in [3.05, 3.63) is 29.3 Å². The van der Waals surface area contributed by atoms with E-state index in [1.807, 2.05) is 6.07 Å². The Hall–Kier alpha value is -0.440. The van der Waals surface area contributed by atoms with Crippen LogP contribution >= 0.6 is 7.92 Å². The van der Waals surface area contributed by atoms with Gasteiger partial charge in [-0.3, -0.25) is 4.55 Å². The molecule has 3 nitrogen and oxygen atoms in total. The molecule has 1 unspecified atom stereocenters. The van der Waals surface area contributed by atoms with Gasteiger partial charge in [0.15, 0.2) is 0 Å². The monoisotopic (exact) mass is 408 g/mol. The SMILES string of the molecule is O=S(=O)(O)c1ccc2c(c1)CCCC2P(C1CCCCC1)C1CCCCC1. The van der Waals surface area contributed by atoms with Gasteiger partial charge in [0.2, 0.25) is 0 Å². The van der Waals surface area contributed by atoms with E-state index in [1.165, 1.54) is 81.8 Å². The summed E-state index contributed by atoms with van der Waals surface area (Å²) in [6.45, 7) is 0. The molecule has 0 bridgehead atoms. The first-order valence-electron chi connectivity index (χ1n) is 10.9. The number of hydrogen-bond acceptors (Lipinski definition) is 2. The third-order valence-electron chi connectivity index (χ3n) is 7.05. The van der Waals surface area contributed by atoms with Gasteiger partial charge in [0.1, 0.15) is 0 Å². The summed E-state index contributed by atoms with van der Waals surface area (Å²) in [6.07, 6.45) is 17.5. The predicted molar refractivity (Wildman–Crippen MR) is 113 cm³/mol. The summed E-state index contributed by atoms with van der Waals surface area (Å²) >= 11 is 0. The maximum atomic E-state index is 11.6. The third-order valence-corrected chi connectivity index (χ3v) is 11.9. The van der Waals surface area contributed by atoms with Crippen LogP contribution in [0.3, 0.4) is 0 Å². The highest BCUT2D eigenvalue weighted by Gasteiger charge is 2.38. The first-order chi connectivity index (χ1) is 13.0. The van der Waals surface area contributed by atoms with E-state index < -0.39 is 10.1 Å². The molecule has 0 aliphatic heterocycles. The second-order valence-corrected chi connectivity index (χ2v) is 13.2. The van der Waals surface area contributed by atoms with Gasteiger partial charge in [-0.05, 0) is 79.5 Å². The van der Waals surface area contributed by atoms with E-state index in [9.17, 15) is 13.0 Å². The maximum absolute atomic E-state index is 11.6. The average molecular weight is 409 g/mol. The summed E-state index contributed by atoms with van der Waals surface area (Å²) in [5.74, 6) is 0. The van der Waals surface area contributed by atoms with Gasteiger partial charge in [-0.15, -0.1) is 0 Å². The van der Waals surface area contributed by atoms with Gasteiger partial charge in [-0.1, -0.05) is 52.5 Å². The quantitative estimate of drug-likeness (QED) is 0.459. The summed E-state index contributed by atoms with van der Waals surface area (Å²) in [6, 6.07) is 5.44. The van der Waals surface area contributed by atoms with Crippen LogP contribution in [0, 0.1) is 0 Å². The largest absolute Gasteiger partial charge is 0.294 e. The number of hydrogen-bond donors (Lipinski definition) is 1. The Morgan fingerprint density at radius 2 is 1.41 bits per heavy atom. The molecular formula is C22H33O3PS. The van der Waals surface area contributed by atoms with Crippen LogP contribution in [-0.4, -0.2) is 24.3 Å². The minimum atomic E-state index is -4.11. The molecule has 150 valence electrons. The molecule has 5 heteroatoms. The lowest BCUT2D eigenvalue weighted by molar-refractivity contribution is 0.477. The molecule has 0 saturated heterocycles. The van der Waals surface area contributed by atoms with Crippen LogP contribution in [0.1, 0.15) is 93.8 Å². The fourth-order valence-electron chi connectivity index (χ4n) is 5.80. The van der Waals surface area contributed by atoms with E-state index in [0.29, 0.717) is 5.66 Å². The lowest BCUT2D eigenvalue weighted by atomic mass is 9.91. The van der Waals surface area contributed by atoms with Crippen molar-refractivity contribution >= 4 is 18.0 Å². The van der Waals surface area contributed by atoms with Crippen molar-refractivity contribution in [2.24, 2.45) is 0 Å². The standard InChI is InChI=1S/C22H33O3PS/c23-27(24,25)20-14-15-21-17(16-20)8-7-13-22(21)26(18-9-3-1-4-10-18)19-11-5-2-6-12-19/h14-16,18-19,22H,1-13H2,(H,23,24,25). The minimum Gasteiger partial charge on any atom is -0.282 e. The first kappa shape index (κ1) is 19.9. The molecule has 27 heavy (non-hydrogen) atoms. The van der Waals surface area contributed by atoms with Gasteiger partial charge in [-0.2, -0.15) is 8.42 Å². The molecule has 1 atom stereocenters. The van der Waals surface area contributed by atoms with Crippen molar-refractivity contribution in [1.29, 1.82) is 0 Å². The van der Waals surface area contributed by atoms with Crippen LogP contribution in [0.25, 0.3) is 0 Å².